The molecular weight excluding hydrogens is 416 g/mol. The SMILES string of the molecule is CC(=O)Nc1ccc(/C=C2/SC(=O)N(Cc3ccccc3Br)C2=O)cc1. The molecular formula is C19H15BrN2O3S. The predicted octanol–water partition coefficient (Wildman–Crippen LogP) is 4.64. The predicted molar refractivity (Wildman–Crippen MR) is 106 cm³/mol. The standard InChI is InChI=1S/C19H15BrN2O3S/c1-12(23)21-15-8-6-13(7-9-15)10-17-18(24)22(19(25)26-17)11-14-4-2-3-5-16(14)20/h2-10H,11H2,1H3,(H,21,23)/b17-10+. The average Bonchev–Trinajstić information content (AvgIpc) is 2.85. The van der Waals surface area contributed by atoms with Crippen molar-refractivity contribution >= 4 is 56.5 Å². The molecule has 0 aromatic heterocycles. The lowest BCUT2D eigenvalue weighted by molar-refractivity contribution is -0.123. The van der Waals surface area contributed by atoms with Crippen molar-refractivity contribution in [2.24, 2.45) is 0 Å². The van der Waals surface area contributed by atoms with Crippen molar-refractivity contribution in [2.75, 3.05) is 5.32 Å². The van der Waals surface area contributed by atoms with E-state index in [0.29, 0.717) is 10.6 Å². The largest absolute Gasteiger partial charge is 0.326 e. The summed E-state index contributed by atoms with van der Waals surface area (Å²) in [5.74, 6) is -0.451. The van der Waals surface area contributed by atoms with Crippen LogP contribution in [0.3, 0.4) is 0 Å². The third-order valence-electron chi connectivity index (χ3n) is 3.69. The van der Waals surface area contributed by atoms with E-state index in [-0.39, 0.29) is 23.6 Å². The number of halogens is 1. The molecule has 1 saturated heterocycles. The lowest BCUT2D eigenvalue weighted by Crippen LogP contribution is -2.27. The van der Waals surface area contributed by atoms with Crippen molar-refractivity contribution in [1.82, 2.24) is 4.90 Å². The van der Waals surface area contributed by atoms with Crippen molar-refractivity contribution in [1.29, 1.82) is 0 Å². The number of carbonyl (C=O) groups excluding carboxylic acids is 3. The third kappa shape index (κ3) is 4.23. The van der Waals surface area contributed by atoms with Crippen LogP contribution in [0.15, 0.2) is 57.9 Å². The number of nitrogens with one attached hydrogen (secondary N) is 1. The molecule has 2 aromatic carbocycles. The zero-order valence-electron chi connectivity index (χ0n) is 13.9. The minimum absolute atomic E-state index is 0.147. The first-order valence-corrected chi connectivity index (χ1v) is 9.41. The maximum absolute atomic E-state index is 12.6. The number of thioether (sulfide) groups is 1. The molecule has 0 bridgehead atoms. The molecule has 7 heteroatoms. The second kappa shape index (κ2) is 7.88. The van der Waals surface area contributed by atoms with Crippen LogP contribution in [0.1, 0.15) is 18.1 Å². The Kier molecular flexibility index (Phi) is 5.58. The van der Waals surface area contributed by atoms with E-state index in [9.17, 15) is 14.4 Å². The fourth-order valence-electron chi connectivity index (χ4n) is 2.45. The number of rotatable bonds is 4. The average molecular weight is 431 g/mol. The van der Waals surface area contributed by atoms with Crippen LogP contribution in [0.4, 0.5) is 10.5 Å². The Balaban J connectivity index is 1.76. The maximum Gasteiger partial charge on any atom is 0.293 e. The molecule has 2 aromatic rings. The van der Waals surface area contributed by atoms with Gasteiger partial charge in [-0.15, -0.1) is 0 Å². The van der Waals surface area contributed by atoms with Crippen LogP contribution in [0.5, 0.6) is 0 Å². The smallest absolute Gasteiger partial charge is 0.293 e. The summed E-state index contributed by atoms with van der Waals surface area (Å²) in [5, 5.41) is 2.40. The molecule has 0 atom stereocenters. The first kappa shape index (κ1) is 18.4. The van der Waals surface area contributed by atoms with Crippen molar-refractivity contribution in [3.8, 4) is 0 Å². The normalized spacial score (nSPS) is 15.6. The van der Waals surface area contributed by atoms with Gasteiger partial charge in [-0.05, 0) is 47.2 Å². The van der Waals surface area contributed by atoms with Crippen LogP contribution in [0.2, 0.25) is 0 Å². The van der Waals surface area contributed by atoms with Gasteiger partial charge < -0.3 is 5.32 Å². The molecule has 5 nitrogen and oxygen atoms in total. The number of carbonyl (C=O) groups is 3. The number of anilines is 1. The lowest BCUT2D eigenvalue weighted by atomic mass is 10.2. The second-order valence-electron chi connectivity index (χ2n) is 5.66. The zero-order chi connectivity index (χ0) is 18.7. The second-order valence-corrected chi connectivity index (χ2v) is 7.51. The first-order chi connectivity index (χ1) is 12.4. The van der Waals surface area contributed by atoms with Crippen LogP contribution in [-0.4, -0.2) is 22.0 Å². The molecule has 0 unspecified atom stereocenters. The molecule has 3 rings (SSSR count). The summed E-state index contributed by atoms with van der Waals surface area (Å²) in [7, 11) is 0. The number of benzene rings is 2. The summed E-state index contributed by atoms with van der Waals surface area (Å²) in [4.78, 5) is 37.5. The van der Waals surface area contributed by atoms with E-state index >= 15 is 0 Å². The summed E-state index contributed by atoms with van der Waals surface area (Å²) < 4.78 is 0.858. The molecule has 1 fully saturated rings. The van der Waals surface area contributed by atoms with Crippen LogP contribution in [0, 0.1) is 0 Å². The third-order valence-corrected chi connectivity index (χ3v) is 5.37. The van der Waals surface area contributed by atoms with Gasteiger partial charge in [-0.25, -0.2) is 0 Å². The van der Waals surface area contributed by atoms with Crippen molar-refractivity contribution in [3.05, 3.63) is 69.0 Å². The van der Waals surface area contributed by atoms with Crippen LogP contribution < -0.4 is 5.32 Å². The van der Waals surface area contributed by atoms with Gasteiger partial charge in [0, 0.05) is 17.1 Å². The van der Waals surface area contributed by atoms with E-state index < -0.39 is 0 Å². The number of hydrogen-bond donors (Lipinski definition) is 1. The highest BCUT2D eigenvalue weighted by atomic mass is 79.9. The Hall–Kier alpha value is -2.38. The molecule has 0 spiro atoms. The summed E-state index contributed by atoms with van der Waals surface area (Å²) in [6, 6.07) is 14.6. The van der Waals surface area contributed by atoms with E-state index in [4.69, 9.17) is 0 Å². The minimum atomic E-state index is -0.304. The van der Waals surface area contributed by atoms with E-state index in [0.717, 1.165) is 27.4 Å². The van der Waals surface area contributed by atoms with Gasteiger partial charge in [0.05, 0.1) is 11.4 Å². The van der Waals surface area contributed by atoms with E-state index in [2.05, 4.69) is 21.2 Å². The highest BCUT2D eigenvalue weighted by Gasteiger charge is 2.35. The first-order valence-electron chi connectivity index (χ1n) is 7.80. The van der Waals surface area contributed by atoms with E-state index in [1.807, 2.05) is 24.3 Å². The Morgan fingerprint density at radius 1 is 1.15 bits per heavy atom. The highest BCUT2D eigenvalue weighted by Crippen LogP contribution is 2.34. The quantitative estimate of drug-likeness (QED) is 0.717. The summed E-state index contributed by atoms with van der Waals surface area (Å²) >= 11 is 4.37. The van der Waals surface area contributed by atoms with Crippen molar-refractivity contribution in [2.45, 2.75) is 13.5 Å². The minimum Gasteiger partial charge on any atom is -0.326 e. The number of imide groups is 1. The van der Waals surface area contributed by atoms with Gasteiger partial charge in [0.1, 0.15) is 0 Å². The number of amides is 3. The van der Waals surface area contributed by atoms with E-state index in [1.54, 1.807) is 30.3 Å². The van der Waals surface area contributed by atoms with Crippen LogP contribution >= 0.6 is 27.7 Å². The lowest BCUT2D eigenvalue weighted by Gasteiger charge is -2.13. The van der Waals surface area contributed by atoms with Crippen molar-refractivity contribution < 1.29 is 14.4 Å². The monoisotopic (exact) mass is 430 g/mol. The van der Waals surface area contributed by atoms with Crippen LogP contribution in [-0.2, 0) is 16.1 Å². The number of hydrogen-bond acceptors (Lipinski definition) is 4. The van der Waals surface area contributed by atoms with Crippen molar-refractivity contribution in [3.63, 3.8) is 0 Å². The Bertz CT molecular complexity index is 909. The molecule has 1 aliphatic heterocycles. The topological polar surface area (TPSA) is 66.5 Å². The fraction of sp³-hybridized carbons (Fsp3) is 0.105. The van der Waals surface area contributed by atoms with Gasteiger partial charge in [0.15, 0.2) is 0 Å². The molecule has 1 heterocycles. The summed E-state index contributed by atoms with van der Waals surface area (Å²) in [5.41, 5.74) is 2.33. The zero-order valence-corrected chi connectivity index (χ0v) is 16.3. The summed E-state index contributed by atoms with van der Waals surface area (Å²) in [6.07, 6.45) is 1.68. The van der Waals surface area contributed by atoms with Gasteiger partial charge in [-0.3, -0.25) is 19.3 Å². The molecule has 1 aliphatic rings. The van der Waals surface area contributed by atoms with Gasteiger partial charge in [-0.2, -0.15) is 0 Å². The number of nitrogens with zero attached hydrogens (tertiary/aromatic N) is 1. The fourth-order valence-corrected chi connectivity index (χ4v) is 3.70. The Morgan fingerprint density at radius 3 is 2.50 bits per heavy atom. The van der Waals surface area contributed by atoms with Gasteiger partial charge >= 0.3 is 0 Å². The molecule has 132 valence electrons. The molecule has 3 amide bonds. The molecule has 26 heavy (non-hydrogen) atoms. The summed E-state index contributed by atoms with van der Waals surface area (Å²) in [6.45, 7) is 1.67. The van der Waals surface area contributed by atoms with Gasteiger partial charge in [0.25, 0.3) is 11.1 Å². The molecule has 0 saturated carbocycles. The maximum atomic E-state index is 12.6. The van der Waals surface area contributed by atoms with Crippen LogP contribution in [0.25, 0.3) is 6.08 Å². The highest BCUT2D eigenvalue weighted by molar-refractivity contribution is 9.10. The Morgan fingerprint density at radius 2 is 1.85 bits per heavy atom. The Labute approximate surface area is 163 Å². The van der Waals surface area contributed by atoms with E-state index in [1.165, 1.54) is 11.8 Å². The molecule has 1 N–H and O–H groups in total. The molecule has 0 radical (unpaired) electrons. The molecule has 0 aliphatic carbocycles. The van der Waals surface area contributed by atoms with Gasteiger partial charge in [-0.1, -0.05) is 46.3 Å². The van der Waals surface area contributed by atoms with Gasteiger partial charge in [0.2, 0.25) is 5.91 Å².